The van der Waals surface area contributed by atoms with E-state index in [1.165, 1.54) is 264 Å². The molecule has 0 saturated heterocycles. The van der Waals surface area contributed by atoms with Gasteiger partial charge in [0.05, 0.1) is 0 Å². The summed E-state index contributed by atoms with van der Waals surface area (Å²) in [5, 5.41) is 20.3. The van der Waals surface area contributed by atoms with Crippen LogP contribution in [0.1, 0.15) is 99.9 Å². The van der Waals surface area contributed by atoms with Gasteiger partial charge in [0.15, 0.2) is 0 Å². The molecule has 0 amide bonds. The number of fused-ring (bicyclic) bond motifs is 20. The first-order valence-electron chi connectivity index (χ1n) is 45.5. The Bertz CT molecular complexity index is 8540. The van der Waals surface area contributed by atoms with Crippen molar-refractivity contribution >= 4 is 86.2 Å². The van der Waals surface area contributed by atoms with Gasteiger partial charge in [-0.15, -0.1) is 0 Å². The minimum absolute atomic E-state index is 0.105. The summed E-state index contributed by atoms with van der Waals surface area (Å²) in [6, 6.07) is 156. The summed E-state index contributed by atoms with van der Waals surface area (Å²) in [5.74, 6) is 0. The summed E-state index contributed by atoms with van der Waals surface area (Å²) in [7, 11) is 0. The third kappa shape index (κ3) is 11.3. The Hall–Kier alpha value is -15.1. The molecular weight excluding hydrogens is 1540 g/mol. The zero-order chi connectivity index (χ0) is 85.8. The first kappa shape index (κ1) is 75.4. The average molecular weight is 1630 g/mol. The van der Waals surface area contributed by atoms with E-state index < -0.39 is 0 Å². The van der Waals surface area contributed by atoms with Crippen molar-refractivity contribution in [2.45, 2.75) is 77.0 Å². The molecule has 0 radical (unpaired) electrons. The zero-order valence-corrected chi connectivity index (χ0v) is 73.3. The van der Waals surface area contributed by atoms with Crippen molar-refractivity contribution in [1.82, 2.24) is 0 Å². The van der Waals surface area contributed by atoms with Crippen LogP contribution in [0.25, 0.3) is 220 Å². The first-order chi connectivity index (χ1) is 62.5. The van der Waals surface area contributed by atoms with Gasteiger partial charge in [-0.3, -0.25) is 0 Å². The van der Waals surface area contributed by atoms with Crippen LogP contribution in [-0.4, -0.2) is 0 Å². The quantitative estimate of drug-likeness (QED) is 0.133. The first-order valence-corrected chi connectivity index (χ1v) is 45.5. The molecule has 0 aromatic heterocycles. The summed E-state index contributed by atoms with van der Waals surface area (Å²) in [4.78, 5) is 0. The molecule has 26 rings (SSSR count). The normalized spacial score (nSPS) is 14.2. The molecule has 22 aromatic carbocycles. The smallest absolute Gasteiger partial charge is 0.0159 e. The molecule has 0 heterocycles. The van der Waals surface area contributed by atoms with E-state index in [-0.39, 0.29) is 21.7 Å². The maximum absolute atomic E-state index is 2.52. The Kier molecular flexibility index (Phi) is 16.6. The van der Waals surface area contributed by atoms with E-state index in [9.17, 15) is 0 Å². The standard InChI is InChI=1S/2C64H46/c1-63(2)57-26-12-11-21-49(57)50-32-30-44(38-59(50)63)62-54-23-10-9-22-53(54)61(55-34-28-41(35-56(55)62)47-24-13-17-39-15-5-7-19-45(39)47)43-29-33-52-51-31-27-42(36-58(51)64(3,4)60(52)37-43)48-25-14-18-40-16-6-8-20-46(40)48;1-63(2)57-23-12-11-19-49(57)50-31-29-46(38-59(50)63)62-54-21-10-9-20-53(54)61(55-33-27-44(35-56(55)62)48-22-13-17-40-15-7-8-18-47(40)48)45-28-32-52-51-30-26-43(36-58(51)64(3,4)60(52)37-45)42-25-24-39-14-5-6-16-41(39)34-42/h2*5-38H,1-4H3. The molecule has 128 heavy (non-hydrogen) atoms. The van der Waals surface area contributed by atoms with Gasteiger partial charge < -0.3 is 0 Å². The van der Waals surface area contributed by atoms with Gasteiger partial charge >= 0.3 is 0 Å². The minimum Gasteiger partial charge on any atom is -0.0619 e. The molecule has 604 valence electrons. The third-order valence-electron chi connectivity index (χ3n) is 30.1. The Morgan fingerprint density at radius 1 is 0.117 bits per heavy atom. The lowest BCUT2D eigenvalue weighted by Crippen LogP contribution is -2.15. The highest BCUT2D eigenvalue weighted by Crippen LogP contribution is 2.59. The van der Waals surface area contributed by atoms with E-state index in [1.54, 1.807) is 0 Å². The average Bonchev–Trinajstić information content (AvgIpc) is 1.71. The second-order valence-corrected chi connectivity index (χ2v) is 38.4. The molecule has 22 aromatic rings. The molecule has 0 unspecified atom stereocenters. The van der Waals surface area contributed by atoms with Gasteiger partial charge in [-0.25, -0.2) is 0 Å². The molecule has 0 bridgehead atoms. The fraction of sp³-hybridized carbons (Fsp3) is 0.0938. The van der Waals surface area contributed by atoms with Crippen LogP contribution in [0.2, 0.25) is 0 Å². The molecule has 0 nitrogen and oxygen atoms in total. The van der Waals surface area contributed by atoms with Crippen LogP contribution in [0.3, 0.4) is 0 Å². The van der Waals surface area contributed by atoms with Crippen LogP contribution in [0.4, 0.5) is 0 Å². The van der Waals surface area contributed by atoms with E-state index in [2.05, 4.69) is 468 Å². The monoisotopic (exact) mass is 1630 g/mol. The van der Waals surface area contributed by atoms with Gasteiger partial charge in [0.25, 0.3) is 0 Å². The van der Waals surface area contributed by atoms with Gasteiger partial charge in [0, 0.05) is 21.7 Å². The Morgan fingerprint density at radius 3 is 0.711 bits per heavy atom. The Morgan fingerprint density at radius 2 is 0.336 bits per heavy atom. The minimum atomic E-state index is -0.191. The van der Waals surface area contributed by atoms with Gasteiger partial charge in [0.2, 0.25) is 0 Å². The molecule has 0 saturated carbocycles. The van der Waals surface area contributed by atoms with Crippen molar-refractivity contribution < 1.29 is 0 Å². The largest absolute Gasteiger partial charge is 0.0619 e. The zero-order valence-electron chi connectivity index (χ0n) is 73.3. The molecule has 0 aliphatic heterocycles. The number of hydrogen-bond acceptors (Lipinski definition) is 0. The summed E-state index contributed by atoms with van der Waals surface area (Å²) in [6.45, 7) is 19.2. The fourth-order valence-electron chi connectivity index (χ4n) is 23.6. The highest BCUT2D eigenvalue weighted by molar-refractivity contribution is 6.25. The molecule has 4 aliphatic rings. The van der Waals surface area contributed by atoms with Crippen LogP contribution >= 0.6 is 0 Å². The Labute approximate surface area is 748 Å². The maximum atomic E-state index is 2.52. The summed E-state index contributed by atoms with van der Waals surface area (Å²) >= 11 is 0. The van der Waals surface area contributed by atoms with Crippen molar-refractivity contribution in [2.75, 3.05) is 0 Å². The van der Waals surface area contributed by atoms with Gasteiger partial charge in [-0.05, 0) is 319 Å². The van der Waals surface area contributed by atoms with E-state index in [0.29, 0.717) is 0 Å². The van der Waals surface area contributed by atoms with Crippen molar-refractivity contribution in [3.05, 3.63) is 457 Å². The predicted molar refractivity (Wildman–Crippen MR) is 547 cm³/mol. The number of rotatable bonds is 8. The molecule has 0 atom stereocenters. The second-order valence-electron chi connectivity index (χ2n) is 38.4. The van der Waals surface area contributed by atoms with Gasteiger partial charge in [-0.1, -0.05) is 413 Å². The van der Waals surface area contributed by atoms with Crippen LogP contribution in [0, 0.1) is 0 Å². The molecule has 0 spiro atoms. The third-order valence-corrected chi connectivity index (χ3v) is 30.1. The fourth-order valence-corrected chi connectivity index (χ4v) is 23.6. The number of benzene rings is 22. The molecule has 0 N–H and O–H groups in total. The highest BCUT2D eigenvalue weighted by atomic mass is 14.4. The lowest BCUT2D eigenvalue weighted by Gasteiger charge is -2.24. The van der Waals surface area contributed by atoms with Crippen LogP contribution in [0.5, 0.6) is 0 Å². The van der Waals surface area contributed by atoms with Crippen LogP contribution in [-0.2, 0) is 21.7 Å². The van der Waals surface area contributed by atoms with E-state index in [4.69, 9.17) is 0 Å². The molecule has 4 aliphatic carbocycles. The molecule has 0 heteroatoms. The second kappa shape index (κ2) is 28.2. The van der Waals surface area contributed by atoms with Crippen molar-refractivity contribution in [3.63, 3.8) is 0 Å². The summed E-state index contributed by atoms with van der Waals surface area (Å²) in [6.07, 6.45) is 0. The Balaban J connectivity index is 0.000000139. The topological polar surface area (TPSA) is 0 Å². The van der Waals surface area contributed by atoms with E-state index >= 15 is 0 Å². The van der Waals surface area contributed by atoms with Gasteiger partial charge in [-0.2, -0.15) is 0 Å². The van der Waals surface area contributed by atoms with E-state index in [1.807, 2.05) is 0 Å². The maximum Gasteiger partial charge on any atom is 0.0159 e. The van der Waals surface area contributed by atoms with Gasteiger partial charge in [0.1, 0.15) is 0 Å². The van der Waals surface area contributed by atoms with Crippen molar-refractivity contribution in [3.8, 4) is 134 Å². The molecule has 0 fully saturated rings. The lowest BCUT2D eigenvalue weighted by molar-refractivity contribution is 0.660. The van der Waals surface area contributed by atoms with Crippen molar-refractivity contribution in [1.29, 1.82) is 0 Å². The van der Waals surface area contributed by atoms with Crippen LogP contribution in [0.15, 0.2) is 413 Å². The van der Waals surface area contributed by atoms with E-state index in [0.717, 1.165) is 0 Å². The predicted octanol–water partition coefficient (Wildman–Crippen LogP) is 35.2. The highest BCUT2D eigenvalue weighted by Gasteiger charge is 2.41. The SMILES string of the molecule is CC1(C)c2ccccc2-c2ccc(-c3c4ccccc4c(-c4ccc5c(c4)C(C)(C)c4cc(-c6ccc7ccccc7c6)ccc4-5)c4ccc(-c5cccc6ccccc56)cc34)cc21.CC1(C)c2ccccc2-c2ccc(-c3c4ccccc4c(-c4ccc5c(c4)C(C)(C)c4cc(-c6cccc7ccccc67)ccc4-5)c4ccc(-c5cccc6ccccc56)cc34)cc21. The lowest BCUT2D eigenvalue weighted by atomic mass is 9.79. The summed E-state index contributed by atoms with van der Waals surface area (Å²) < 4.78 is 0. The number of hydrogen-bond donors (Lipinski definition) is 0. The summed E-state index contributed by atoms with van der Waals surface area (Å²) in [5.41, 5.74) is 41.5. The van der Waals surface area contributed by atoms with Crippen molar-refractivity contribution in [2.24, 2.45) is 0 Å². The van der Waals surface area contributed by atoms with Crippen LogP contribution < -0.4 is 0 Å². The molecular formula is C128H92.